The standard InChI is InChI=1S/C17H14ClN/c1-11-5-3-4-6-15(11)17-10-13-9-14(18)7-8-16(13)12(2)19-17/h3-10H,1-2H3. The number of aromatic nitrogens is 1. The fraction of sp³-hybridized carbons (Fsp3) is 0.118. The smallest absolute Gasteiger partial charge is 0.0714 e. The predicted molar refractivity (Wildman–Crippen MR) is 81.7 cm³/mol. The molecule has 3 rings (SSSR count). The third-order valence-electron chi connectivity index (χ3n) is 3.40. The molecular formula is C17H14ClN. The van der Waals surface area contributed by atoms with E-state index in [0.29, 0.717) is 0 Å². The fourth-order valence-electron chi connectivity index (χ4n) is 2.40. The highest BCUT2D eigenvalue weighted by molar-refractivity contribution is 6.31. The van der Waals surface area contributed by atoms with Gasteiger partial charge in [0.2, 0.25) is 0 Å². The first kappa shape index (κ1) is 12.2. The zero-order valence-electron chi connectivity index (χ0n) is 10.9. The van der Waals surface area contributed by atoms with Crippen LogP contribution in [0, 0.1) is 13.8 Å². The van der Waals surface area contributed by atoms with Crippen molar-refractivity contribution in [2.75, 3.05) is 0 Å². The van der Waals surface area contributed by atoms with E-state index in [1.54, 1.807) is 0 Å². The molecule has 0 aliphatic heterocycles. The Morgan fingerprint density at radius 3 is 2.53 bits per heavy atom. The monoisotopic (exact) mass is 267 g/mol. The van der Waals surface area contributed by atoms with E-state index in [-0.39, 0.29) is 0 Å². The number of fused-ring (bicyclic) bond motifs is 1. The Morgan fingerprint density at radius 1 is 0.947 bits per heavy atom. The van der Waals surface area contributed by atoms with Crippen LogP contribution in [0.5, 0.6) is 0 Å². The second-order valence-electron chi connectivity index (χ2n) is 4.77. The maximum absolute atomic E-state index is 6.08. The Bertz CT molecular complexity index is 762. The highest BCUT2D eigenvalue weighted by atomic mass is 35.5. The van der Waals surface area contributed by atoms with Crippen molar-refractivity contribution >= 4 is 22.4 Å². The Labute approximate surface area is 117 Å². The summed E-state index contributed by atoms with van der Waals surface area (Å²) >= 11 is 6.08. The van der Waals surface area contributed by atoms with E-state index in [0.717, 1.165) is 27.2 Å². The molecule has 0 saturated heterocycles. The Kier molecular flexibility index (Phi) is 3.00. The van der Waals surface area contributed by atoms with Crippen LogP contribution in [0.25, 0.3) is 22.0 Å². The molecule has 0 aliphatic rings. The van der Waals surface area contributed by atoms with Crippen LogP contribution in [0.3, 0.4) is 0 Å². The second-order valence-corrected chi connectivity index (χ2v) is 5.21. The van der Waals surface area contributed by atoms with Crippen molar-refractivity contribution in [2.45, 2.75) is 13.8 Å². The lowest BCUT2D eigenvalue weighted by molar-refractivity contribution is 1.23. The van der Waals surface area contributed by atoms with Gasteiger partial charge in [0.1, 0.15) is 0 Å². The van der Waals surface area contributed by atoms with Gasteiger partial charge in [-0.3, -0.25) is 4.98 Å². The van der Waals surface area contributed by atoms with Crippen molar-refractivity contribution in [3.05, 3.63) is 64.8 Å². The van der Waals surface area contributed by atoms with Crippen LogP contribution in [0.2, 0.25) is 5.02 Å². The van der Waals surface area contributed by atoms with Gasteiger partial charge in [-0.2, -0.15) is 0 Å². The largest absolute Gasteiger partial charge is 0.252 e. The van der Waals surface area contributed by atoms with E-state index < -0.39 is 0 Å². The summed E-state index contributed by atoms with van der Waals surface area (Å²) in [6.45, 7) is 4.15. The number of halogens is 1. The maximum atomic E-state index is 6.08. The summed E-state index contributed by atoms with van der Waals surface area (Å²) in [4.78, 5) is 4.72. The van der Waals surface area contributed by atoms with Crippen molar-refractivity contribution in [1.82, 2.24) is 4.98 Å². The van der Waals surface area contributed by atoms with Crippen molar-refractivity contribution < 1.29 is 0 Å². The van der Waals surface area contributed by atoms with Gasteiger partial charge in [0.25, 0.3) is 0 Å². The van der Waals surface area contributed by atoms with Crippen LogP contribution in [-0.4, -0.2) is 4.98 Å². The molecule has 0 N–H and O–H groups in total. The van der Waals surface area contributed by atoms with Crippen molar-refractivity contribution in [1.29, 1.82) is 0 Å². The summed E-state index contributed by atoms with van der Waals surface area (Å²) in [5.74, 6) is 0. The number of benzene rings is 2. The fourth-order valence-corrected chi connectivity index (χ4v) is 2.58. The second kappa shape index (κ2) is 4.67. The SMILES string of the molecule is Cc1ccccc1-c1cc2cc(Cl)ccc2c(C)n1. The quantitative estimate of drug-likeness (QED) is 0.593. The lowest BCUT2D eigenvalue weighted by Gasteiger charge is -2.09. The first-order valence-electron chi connectivity index (χ1n) is 6.28. The topological polar surface area (TPSA) is 12.9 Å². The first-order chi connectivity index (χ1) is 9.15. The van der Waals surface area contributed by atoms with E-state index in [1.807, 2.05) is 37.3 Å². The van der Waals surface area contributed by atoms with Gasteiger partial charge in [-0.05, 0) is 43.0 Å². The summed E-state index contributed by atoms with van der Waals surface area (Å²) < 4.78 is 0. The molecule has 19 heavy (non-hydrogen) atoms. The molecule has 0 atom stereocenters. The van der Waals surface area contributed by atoms with Gasteiger partial charge >= 0.3 is 0 Å². The summed E-state index contributed by atoms with van der Waals surface area (Å²) in [5, 5.41) is 3.05. The average Bonchev–Trinajstić information content (AvgIpc) is 2.38. The van der Waals surface area contributed by atoms with E-state index in [4.69, 9.17) is 16.6 Å². The van der Waals surface area contributed by atoms with Crippen LogP contribution < -0.4 is 0 Å². The molecule has 1 heterocycles. The normalized spacial score (nSPS) is 10.9. The van der Waals surface area contributed by atoms with Crippen LogP contribution in [-0.2, 0) is 0 Å². The molecule has 0 unspecified atom stereocenters. The third-order valence-corrected chi connectivity index (χ3v) is 3.64. The molecule has 0 amide bonds. The zero-order valence-corrected chi connectivity index (χ0v) is 11.7. The highest BCUT2D eigenvalue weighted by Crippen LogP contribution is 2.28. The number of pyridine rings is 1. The number of nitrogens with zero attached hydrogens (tertiary/aromatic N) is 1. The van der Waals surface area contributed by atoms with Crippen molar-refractivity contribution in [2.24, 2.45) is 0 Å². The molecule has 0 saturated carbocycles. The van der Waals surface area contributed by atoms with Gasteiger partial charge in [0.05, 0.1) is 5.69 Å². The summed E-state index contributed by atoms with van der Waals surface area (Å²) in [6.07, 6.45) is 0. The molecule has 1 nitrogen and oxygen atoms in total. The molecule has 2 heteroatoms. The minimum absolute atomic E-state index is 0.758. The van der Waals surface area contributed by atoms with E-state index in [9.17, 15) is 0 Å². The third kappa shape index (κ3) is 2.22. The molecule has 0 spiro atoms. The van der Waals surface area contributed by atoms with E-state index in [2.05, 4.69) is 25.1 Å². The minimum atomic E-state index is 0.758. The Hall–Kier alpha value is -1.86. The summed E-state index contributed by atoms with van der Waals surface area (Å²) in [7, 11) is 0. The van der Waals surface area contributed by atoms with E-state index in [1.165, 1.54) is 11.1 Å². The average molecular weight is 268 g/mol. The zero-order chi connectivity index (χ0) is 13.4. The molecule has 0 fully saturated rings. The van der Waals surface area contributed by atoms with Gasteiger partial charge in [0, 0.05) is 21.7 Å². The Morgan fingerprint density at radius 2 is 1.74 bits per heavy atom. The number of rotatable bonds is 1. The summed E-state index contributed by atoms with van der Waals surface area (Å²) in [6, 6.07) is 16.3. The number of hydrogen-bond donors (Lipinski definition) is 0. The van der Waals surface area contributed by atoms with Crippen LogP contribution in [0.1, 0.15) is 11.3 Å². The van der Waals surface area contributed by atoms with Crippen LogP contribution >= 0.6 is 11.6 Å². The molecule has 1 aromatic heterocycles. The van der Waals surface area contributed by atoms with Gasteiger partial charge in [0.15, 0.2) is 0 Å². The van der Waals surface area contributed by atoms with Gasteiger partial charge in [-0.25, -0.2) is 0 Å². The summed E-state index contributed by atoms with van der Waals surface area (Å²) in [5.41, 5.74) is 4.45. The van der Waals surface area contributed by atoms with Gasteiger partial charge in [-0.1, -0.05) is 41.9 Å². The van der Waals surface area contributed by atoms with Crippen molar-refractivity contribution in [3.8, 4) is 11.3 Å². The number of hydrogen-bond acceptors (Lipinski definition) is 1. The maximum Gasteiger partial charge on any atom is 0.0714 e. The molecule has 3 aromatic rings. The van der Waals surface area contributed by atoms with Crippen LogP contribution in [0.15, 0.2) is 48.5 Å². The molecule has 94 valence electrons. The highest BCUT2D eigenvalue weighted by Gasteiger charge is 2.07. The predicted octanol–water partition coefficient (Wildman–Crippen LogP) is 5.17. The molecule has 0 radical (unpaired) electrons. The van der Waals surface area contributed by atoms with Gasteiger partial charge in [-0.15, -0.1) is 0 Å². The lowest BCUT2D eigenvalue weighted by Crippen LogP contribution is -1.91. The molecular weight excluding hydrogens is 254 g/mol. The Balaban J connectivity index is 2.29. The van der Waals surface area contributed by atoms with Crippen LogP contribution in [0.4, 0.5) is 0 Å². The lowest BCUT2D eigenvalue weighted by atomic mass is 10.0. The van der Waals surface area contributed by atoms with E-state index >= 15 is 0 Å². The molecule has 0 aliphatic carbocycles. The first-order valence-corrected chi connectivity index (χ1v) is 6.66. The molecule has 2 aromatic carbocycles. The molecule has 0 bridgehead atoms. The number of aryl methyl sites for hydroxylation is 2. The minimum Gasteiger partial charge on any atom is -0.252 e. The van der Waals surface area contributed by atoms with Crippen molar-refractivity contribution in [3.63, 3.8) is 0 Å². The van der Waals surface area contributed by atoms with Gasteiger partial charge < -0.3 is 0 Å².